The Balaban J connectivity index is 1.18. The average molecular weight is 428 g/mol. The monoisotopic (exact) mass is 427 g/mol. The van der Waals surface area contributed by atoms with Crippen molar-refractivity contribution in [3.8, 4) is 11.3 Å². The lowest BCUT2D eigenvalue weighted by atomic mass is 9.96. The zero-order chi connectivity index (χ0) is 21.9. The van der Waals surface area contributed by atoms with E-state index in [1.165, 1.54) is 0 Å². The number of likely N-dealkylation sites (tertiary alicyclic amines) is 1. The van der Waals surface area contributed by atoms with Crippen LogP contribution < -0.4 is 5.56 Å². The molecule has 1 N–H and O–H groups in total. The molecule has 0 radical (unpaired) electrons. The number of carbonyl (C=O) groups excluding carboxylic acids is 1. The highest BCUT2D eigenvalue weighted by atomic mass is 16.2. The van der Waals surface area contributed by atoms with Crippen LogP contribution in [0.5, 0.6) is 0 Å². The van der Waals surface area contributed by atoms with E-state index in [1.807, 2.05) is 47.5 Å². The Kier molecular flexibility index (Phi) is 5.54. The van der Waals surface area contributed by atoms with E-state index in [-0.39, 0.29) is 11.5 Å². The summed E-state index contributed by atoms with van der Waals surface area (Å²) in [7, 11) is 0. The first-order valence-electron chi connectivity index (χ1n) is 11.0. The molecule has 7 heteroatoms. The Bertz CT molecular complexity index is 1290. The number of rotatable bonds is 5. The number of aromatic nitrogens is 4. The number of nitrogens with one attached hydrogen (secondary N) is 1. The Morgan fingerprint density at radius 1 is 1.12 bits per heavy atom. The maximum atomic E-state index is 12.8. The molecule has 3 aromatic heterocycles. The largest absolute Gasteiger partial charge is 0.361 e. The molecule has 1 aromatic carbocycles. The van der Waals surface area contributed by atoms with Crippen molar-refractivity contribution in [2.24, 2.45) is 5.92 Å². The number of carbonyl (C=O) groups is 1. The molecule has 4 aromatic rings. The Morgan fingerprint density at radius 2 is 1.97 bits per heavy atom. The number of aromatic amines is 1. The molecular formula is C25H25N5O2. The highest BCUT2D eigenvalue weighted by molar-refractivity contribution is 5.88. The summed E-state index contributed by atoms with van der Waals surface area (Å²) in [6.07, 6.45) is 9.14. The summed E-state index contributed by atoms with van der Waals surface area (Å²) in [6, 6.07) is 13.3. The van der Waals surface area contributed by atoms with Gasteiger partial charge in [-0.2, -0.15) is 0 Å². The van der Waals surface area contributed by atoms with Gasteiger partial charge in [0.15, 0.2) is 0 Å². The summed E-state index contributed by atoms with van der Waals surface area (Å²) in [5.41, 5.74) is 3.51. The standard InChI is InChI=1S/C25H25N5O2/c31-24(12-20-15-27-22-6-2-1-5-21(20)22)29-10-7-18(8-11-29)16-30-17-28-23(13-25(30)32)19-4-3-9-26-14-19/h1-6,9,13-15,17-18,27H,7-8,10-12,16H2. The number of fused-ring (bicyclic) bond motifs is 1. The third-order valence-corrected chi connectivity index (χ3v) is 6.28. The smallest absolute Gasteiger partial charge is 0.253 e. The molecule has 4 heterocycles. The van der Waals surface area contributed by atoms with Crippen LogP contribution in [0.2, 0.25) is 0 Å². The van der Waals surface area contributed by atoms with Crippen LogP contribution in [0.4, 0.5) is 0 Å². The lowest BCUT2D eigenvalue weighted by Crippen LogP contribution is -2.40. The van der Waals surface area contributed by atoms with E-state index < -0.39 is 0 Å². The van der Waals surface area contributed by atoms with E-state index in [0.717, 1.165) is 48.0 Å². The summed E-state index contributed by atoms with van der Waals surface area (Å²) in [5, 5.41) is 1.11. The fraction of sp³-hybridized carbons (Fsp3) is 0.280. The van der Waals surface area contributed by atoms with Gasteiger partial charge in [-0.05, 0) is 42.5 Å². The van der Waals surface area contributed by atoms with Gasteiger partial charge < -0.3 is 9.88 Å². The topological polar surface area (TPSA) is 83.9 Å². The van der Waals surface area contributed by atoms with Crippen LogP contribution in [-0.4, -0.2) is 43.4 Å². The molecule has 1 aliphatic heterocycles. The normalized spacial score (nSPS) is 14.7. The van der Waals surface area contributed by atoms with E-state index in [0.29, 0.717) is 24.6 Å². The number of hydrogen-bond donors (Lipinski definition) is 1. The third kappa shape index (κ3) is 4.19. The van der Waals surface area contributed by atoms with Gasteiger partial charge in [0.05, 0.1) is 18.4 Å². The van der Waals surface area contributed by atoms with E-state index in [1.54, 1.807) is 29.4 Å². The summed E-state index contributed by atoms with van der Waals surface area (Å²) < 4.78 is 1.67. The molecule has 1 fully saturated rings. The predicted molar refractivity (Wildman–Crippen MR) is 123 cm³/mol. The van der Waals surface area contributed by atoms with Crippen molar-refractivity contribution >= 4 is 16.8 Å². The molecule has 162 valence electrons. The fourth-order valence-electron chi connectivity index (χ4n) is 4.43. The second-order valence-electron chi connectivity index (χ2n) is 8.37. The van der Waals surface area contributed by atoms with Crippen LogP contribution in [0.25, 0.3) is 22.2 Å². The first kappa shape index (κ1) is 20.2. The van der Waals surface area contributed by atoms with Gasteiger partial charge in [-0.3, -0.25) is 19.1 Å². The summed E-state index contributed by atoms with van der Waals surface area (Å²) in [6.45, 7) is 2.08. The second-order valence-corrected chi connectivity index (χ2v) is 8.37. The minimum Gasteiger partial charge on any atom is -0.361 e. The predicted octanol–water partition coefficient (Wildman–Crippen LogP) is 3.27. The first-order valence-corrected chi connectivity index (χ1v) is 11.0. The fourth-order valence-corrected chi connectivity index (χ4v) is 4.43. The van der Waals surface area contributed by atoms with Crippen molar-refractivity contribution in [1.82, 2.24) is 24.4 Å². The van der Waals surface area contributed by atoms with Gasteiger partial charge in [0.2, 0.25) is 5.91 Å². The maximum absolute atomic E-state index is 12.8. The lowest BCUT2D eigenvalue weighted by molar-refractivity contribution is -0.131. The number of hydrogen-bond acceptors (Lipinski definition) is 4. The van der Waals surface area contributed by atoms with Crippen LogP contribution in [0.3, 0.4) is 0 Å². The Labute approximate surface area is 185 Å². The number of para-hydroxylation sites is 1. The van der Waals surface area contributed by atoms with Gasteiger partial charge in [-0.1, -0.05) is 18.2 Å². The Morgan fingerprint density at radius 3 is 2.75 bits per heavy atom. The van der Waals surface area contributed by atoms with E-state index in [9.17, 15) is 9.59 Å². The number of piperidine rings is 1. The number of nitrogens with zero attached hydrogens (tertiary/aromatic N) is 4. The third-order valence-electron chi connectivity index (χ3n) is 6.28. The van der Waals surface area contributed by atoms with Crippen LogP contribution in [0.15, 0.2) is 72.2 Å². The Hall–Kier alpha value is -3.74. The second kappa shape index (κ2) is 8.78. The highest BCUT2D eigenvalue weighted by Gasteiger charge is 2.24. The average Bonchev–Trinajstić information content (AvgIpc) is 3.24. The SMILES string of the molecule is O=C(Cc1c[nH]c2ccccc12)N1CCC(Cn2cnc(-c3cccnc3)cc2=O)CC1. The van der Waals surface area contributed by atoms with E-state index >= 15 is 0 Å². The molecule has 7 nitrogen and oxygen atoms in total. The van der Waals surface area contributed by atoms with Crippen LogP contribution in [0.1, 0.15) is 18.4 Å². The van der Waals surface area contributed by atoms with E-state index in [2.05, 4.69) is 15.0 Å². The van der Waals surface area contributed by atoms with Gasteiger partial charge in [0.25, 0.3) is 5.56 Å². The van der Waals surface area contributed by atoms with Crippen molar-refractivity contribution < 1.29 is 4.79 Å². The van der Waals surface area contributed by atoms with Crippen molar-refractivity contribution in [3.05, 3.63) is 83.3 Å². The first-order chi connectivity index (χ1) is 15.7. The maximum Gasteiger partial charge on any atom is 0.253 e. The molecule has 5 rings (SSSR count). The molecule has 1 amide bonds. The minimum atomic E-state index is -0.0586. The molecule has 1 saturated heterocycles. The quantitative estimate of drug-likeness (QED) is 0.530. The number of H-pyrrole nitrogens is 1. The van der Waals surface area contributed by atoms with E-state index in [4.69, 9.17) is 0 Å². The van der Waals surface area contributed by atoms with Crippen LogP contribution in [-0.2, 0) is 17.8 Å². The molecule has 0 spiro atoms. The van der Waals surface area contributed by atoms with Gasteiger partial charge in [-0.15, -0.1) is 0 Å². The minimum absolute atomic E-state index is 0.0586. The van der Waals surface area contributed by atoms with Crippen LogP contribution in [0, 0.1) is 5.92 Å². The summed E-state index contributed by atoms with van der Waals surface area (Å²) in [4.78, 5) is 39.1. The zero-order valence-corrected chi connectivity index (χ0v) is 17.8. The molecule has 32 heavy (non-hydrogen) atoms. The zero-order valence-electron chi connectivity index (χ0n) is 17.8. The van der Waals surface area contributed by atoms with Crippen LogP contribution >= 0.6 is 0 Å². The summed E-state index contributed by atoms with van der Waals surface area (Å²) >= 11 is 0. The lowest BCUT2D eigenvalue weighted by Gasteiger charge is -2.32. The number of benzene rings is 1. The molecule has 1 aliphatic rings. The molecule has 0 saturated carbocycles. The van der Waals surface area contributed by atoms with Crippen molar-refractivity contribution in [2.75, 3.05) is 13.1 Å². The van der Waals surface area contributed by atoms with Gasteiger partial charge in [-0.25, -0.2) is 4.98 Å². The van der Waals surface area contributed by atoms with Gasteiger partial charge in [0, 0.05) is 60.8 Å². The molecule has 0 bridgehead atoms. The van der Waals surface area contributed by atoms with Crippen molar-refractivity contribution in [3.63, 3.8) is 0 Å². The molecule has 0 unspecified atom stereocenters. The molecular weight excluding hydrogens is 402 g/mol. The number of amides is 1. The van der Waals surface area contributed by atoms with Crippen molar-refractivity contribution in [2.45, 2.75) is 25.8 Å². The van der Waals surface area contributed by atoms with Gasteiger partial charge >= 0.3 is 0 Å². The summed E-state index contributed by atoms with van der Waals surface area (Å²) in [5.74, 6) is 0.517. The van der Waals surface area contributed by atoms with Gasteiger partial charge in [0.1, 0.15) is 0 Å². The van der Waals surface area contributed by atoms with Crippen molar-refractivity contribution in [1.29, 1.82) is 0 Å². The molecule has 0 atom stereocenters. The highest BCUT2D eigenvalue weighted by Crippen LogP contribution is 2.22. The number of pyridine rings is 1. The molecule has 0 aliphatic carbocycles.